The summed E-state index contributed by atoms with van der Waals surface area (Å²) in [5, 5.41) is 10.8. The number of non-ortho nitro benzene ring substituents is 1. The maximum absolute atomic E-state index is 10.8. The van der Waals surface area contributed by atoms with E-state index in [1.165, 1.54) is 17.7 Å². The Morgan fingerprint density at radius 1 is 1.10 bits per heavy atom. The zero-order chi connectivity index (χ0) is 14.3. The molecule has 1 aromatic heterocycles. The van der Waals surface area contributed by atoms with Crippen LogP contribution in [0.15, 0.2) is 40.8 Å². The summed E-state index contributed by atoms with van der Waals surface area (Å²) in [7, 11) is 0. The van der Waals surface area contributed by atoms with Crippen LogP contribution >= 0.6 is 0 Å². The third-order valence-corrected chi connectivity index (χ3v) is 3.34. The molecule has 0 atom stereocenters. The lowest BCUT2D eigenvalue weighted by Gasteiger charge is -2.01. The second-order valence-electron chi connectivity index (χ2n) is 4.73. The third kappa shape index (κ3) is 2.03. The number of hydrogen-bond donors (Lipinski definition) is 0. The van der Waals surface area contributed by atoms with Gasteiger partial charge in [-0.15, -0.1) is 0 Å². The number of nitrogens with zero attached hydrogens (tertiary/aromatic N) is 2. The topological polar surface area (TPSA) is 69.2 Å². The van der Waals surface area contributed by atoms with E-state index in [-0.39, 0.29) is 5.69 Å². The van der Waals surface area contributed by atoms with Gasteiger partial charge in [-0.1, -0.05) is 6.07 Å². The molecule has 2 aromatic carbocycles. The minimum Gasteiger partial charge on any atom is -0.436 e. The molecule has 3 aromatic rings. The molecule has 5 heteroatoms. The van der Waals surface area contributed by atoms with E-state index in [9.17, 15) is 10.1 Å². The smallest absolute Gasteiger partial charge is 0.271 e. The molecule has 0 aliphatic carbocycles. The number of hydrogen-bond acceptors (Lipinski definition) is 4. The molecule has 0 saturated heterocycles. The highest BCUT2D eigenvalue weighted by atomic mass is 16.6. The van der Waals surface area contributed by atoms with Crippen LogP contribution in [0.25, 0.3) is 22.6 Å². The molecule has 1 heterocycles. The Balaban J connectivity index is 2.12. The van der Waals surface area contributed by atoms with Crippen molar-refractivity contribution in [1.29, 1.82) is 0 Å². The highest BCUT2D eigenvalue weighted by Gasteiger charge is 2.13. The fraction of sp³-hybridized carbons (Fsp3) is 0.133. The number of aromatic nitrogens is 1. The summed E-state index contributed by atoms with van der Waals surface area (Å²) in [4.78, 5) is 14.6. The fourth-order valence-electron chi connectivity index (χ4n) is 2.03. The van der Waals surface area contributed by atoms with Crippen LogP contribution in [0, 0.1) is 24.0 Å². The number of aryl methyl sites for hydroxylation is 2. The molecule has 0 unspecified atom stereocenters. The summed E-state index contributed by atoms with van der Waals surface area (Å²) < 4.78 is 5.65. The summed E-state index contributed by atoms with van der Waals surface area (Å²) >= 11 is 0. The van der Waals surface area contributed by atoms with Crippen LogP contribution in [0.4, 0.5) is 5.69 Å². The summed E-state index contributed by atoms with van der Waals surface area (Å²) in [6, 6.07) is 10.3. The number of fused-ring (bicyclic) bond motifs is 1. The Morgan fingerprint density at radius 3 is 2.60 bits per heavy atom. The Hall–Kier alpha value is -2.69. The van der Waals surface area contributed by atoms with Crippen LogP contribution < -0.4 is 0 Å². The SMILES string of the molecule is Cc1ccc(-c2nc3cc([N+](=O)[O-])ccc3o2)cc1C. The first-order valence-corrected chi connectivity index (χ1v) is 6.17. The molecule has 100 valence electrons. The number of rotatable bonds is 2. The van der Waals surface area contributed by atoms with E-state index in [1.807, 2.05) is 32.0 Å². The van der Waals surface area contributed by atoms with Crippen molar-refractivity contribution in [3.8, 4) is 11.5 Å². The van der Waals surface area contributed by atoms with Crippen molar-refractivity contribution in [3.05, 3.63) is 57.6 Å². The lowest BCUT2D eigenvalue weighted by molar-refractivity contribution is -0.384. The van der Waals surface area contributed by atoms with Gasteiger partial charge < -0.3 is 4.42 Å². The van der Waals surface area contributed by atoms with Crippen LogP contribution in [0.2, 0.25) is 0 Å². The standard InChI is InChI=1S/C15H12N2O3/c1-9-3-4-11(7-10(9)2)15-16-13-8-12(17(18)19)5-6-14(13)20-15/h3-8H,1-2H3. The number of oxazole rings is 1. The van der Waals surface area contributed by atoms with Crippen molar-refractivity contribution in [2.24, 2.45) is 0 Å². The minimum atomic E-state index is -0.441. The van der Waals surface area contributed by atoms with Gasteiger partial charge in [-0.3, -0.25) is 10.1 Å². The highest BCUT2D eigenvalue weighted by molar-refractivity contribution is 5.78. The van der Waals surface area contributed by atoms with Gasteiger partial charge in [0.05, 0.1) is 4.92 Å². The number of nitro benzene ring substituents is 1. The molecule has 0 spiro atoms. The first kappa shape index (κ1) is 12.3. The zero-order valence-corrected chi connectivity index (χ0v) is 11.1. The Kier molecular flexibility index (Phi) is 2.75. The van der Waals surface area contributed by atoms with Gasteiger partial charge in [0.15, 0.2) is 5.58 Å². The van der Waals surface area contributed by atoms with Crippen molar-refractivity contribution in [1.82, 2.24) is 4.98 Å². The van der Waals surface area contributed by atoms with E-state index in [2.05, 4.69) is 4.98 Å². The average Bonchev–Trinajstić information content (AvgIpc) is 2.84. The molecule has 0 saturated carbocycles. The van der Waals surface area contributed by atoms with E-state index in [4.69, 9.17) is 4.42 Å². The van der Waals surface area contributed by atoms with Gasteiger partial charge >= 0.3 is 0 Å². The second kappa shape index (κ2) is 4.45. The molecular weight excluding hydrogens is 256 g/mol. The molecule has 0 aliphatic heterocycles. The van der Waals surface area contributed by atoms with Crippen LogP contribution in [0.5, 0.6) is 0 Å². The van der Waals surface area contributed by atoms with E-state index in [1.54, 1.807) is 6.07 Å². The van der Waals surface area contributed by atoms with Gasteiger partial charge in [-0.05, 0) is 43.2 Å². The van der Waals surface area contributed by atoms with E-state index in [0.717, 1.165) is 11.1 Å². The van der Waals surface area contributed by atoms with Gasteiger partial charge in [0, 0.05) is 17.7 Å². The predicted molar refractivity (Wildman–Crippen MR) is 75.6 cm³/mol. The monoisotopic (exact) mass is 268 g/mol. The largest absolute Gasteiger partial charge is 0.436 e. The molecule has 0 fully saturated rings. The number of benzene rings is 2. The number of nitro groups is 1. The zero-order valence-electron chi connectivity index (χ0n) is 11.1. The highest BCUT2D eigenvalue weighted by Crippen LogP contribution is 2.27. The molecule has 0 N–H and O–H groups in total. The van der Waals surface area contributed by atoms with Gasteiger partial charge in [-0.2, -0.15) is 0 Å². The molecule has 0 bridgehead atoms. The summed E-state index contributed by atoms with van der Waals surface area (Å²) in [6.07, 6.45) is 0. The lowest BCUT2D eigenvalue weighted by Crippen LogP contribution is -1.86. The average molecular weight is 268 g/mol. The molecule has 5 nitrogen and oxygen atoms in total. The molecule has 20 heavy (non-hydrogen) atoms. The Bertz CT molecular complexity index is 821. The second-order valence-corrected chi connectivity index (χ2v) is 4.73. The van der Waals surface area contributed by atoms with Crippen molar-refractivity contribution in [3.63, 3.8) is 0 Å². The van der Waals surface area contributed by atoms with Gasteiger partial charge in [0.25, 0.3) is 5.69 Å². The van der Waals surface area contributed by atoms with Gasteiger partial charge in [-0.25, -0.2) is 4.98 Å². The normalized spacial score (nSPS) is 10.9. The quantitative estimate of drug-likeness (QED) is 0.520. The summed E-state index contributed by atoms with van der Waals surface area (Å²) in [5.41, 5.74) is 4.26. The van der Waals surface area contributed by atoms with Gasteiger partial charge in [0.1, 0.15) is 5.52 Å². The predicted octanol–water partition coefficient (Wildman–Crippen LogP) is 4.02. The minimum absolute atomic E-state index is 0.0115. The first-order chi connectivity index (χ1) is 9.54. The van der Waals surface area contributed by atoms with Crippen molar-refractivity contribution < 1.29 is 9.34 Å². The molecule has 0 amide bonds. The van der Waals surface area contributed by atoms with E-state index >= 15 is 0 Å². The van der Waals surface area contributed by atoms with Crippen molar-refractivity contribution in [2.75, 3.05) is 0 Å². The molecule has 3 rings (SSSR count). The first-order valence-electron chi connectivity index (χ1n) is 6.17. The maximum Gasteiger partial charge on any atom is 0.271 e. The Morgan fingerprint density at radius 2 is 1.90 bits per heavy atom. The van der Waals surface area contributed by atoms with Crippen molar-refractivity contribution in [2.45, 2.75) is 13.8 Å². The lowest BCUT2D eigenvalue weighted by atomic mass is 10.1. The van der Waals surface area contributed by atoms with Crippen LogP contribution in [0.1, 0.15) is 11.1 Å². The molecule has 0 aliphatic rings. The summed E-state index contributed by atoms with van der Waals surface area (Å²) in [6.45, 7) is 4.06. The van der Waals surface area contributed by atoms with E-state index in [0.29, 0.717) is 17.0 Å². The Labute approximate surface area is 115 Å². The van der Waals surface area contributed by atoms with Crippen molar-refractivity contribution >= 4 is 16.8 Å². The third-order valence-electron chi connectivity index (χ3n) is 3.34. The molecule has 0 radical (unpaired) electrons. The maximum atomic E-state index is 10.8. The fourth-order valence-corrected chi connectivity index (χ4v) is 2.03. The molecular formula is C15H12N2O3. The van der Waals surface area contributed by atoms with Gasteiger partial charge in [0.2, 0.25) is 5.89 Å². The van der Waals surface area contributed by atoms with Crippen LogP contribution in [-0.4, -0.2) is 9.91 Å². The summed E-state index contributed by atoms with van der Waals surface area (Å²) in [5.74, 6) is 0.476. The van der Waals surface area contributed by atoms with Crippen LogP contribution in [0.3, 0.4) is 0 Å². The van der Waals surface area contributed by atoms with E-state index < -0.39 is 4.92 Å². The van der Waals surface area contributed by atoms with Crippen LogP contribution in [-0.2, 0) is 0 Å².